The highest BCUT2D eigenvalue weighted by molar-refractivity contribution is 5.85. The van der Waals surface area contributed by atoms with Gasteiger partial charge < -0.3 is 15.5 Å². The average Bonchev–Trinajstić information content (AvgIpc) is 2.18. The molecule has 4 nitrogen and oxygen atoms in total. The van der Waals surface area contributed by atoms with Crippen LogP contribution in [0.1, 0.15) is 19.3 Å². The molecule has 0 saturated carbocycles. The number of amides is 1. The number of likely N-dealkylation sites (tertiary alicyclic amines) is 1. The highest BCUT2D eigenvalue weighted by atomic mass is 35.5. The molecule has 0 aliphatic carbocycles. The van der Waals surface area contributed by atoms with Crippen LogP contribution in [-0.2, 0) is 4.79 Å². The van der Waals surface area contributed by atoms with Crippen LogP contribution in [0, 0.1) is 5.92 Å². The lowest BCUT2D eigenvalue weighted by molar-refractivity contribution is -0.130. The molecule has 1 atom stereocenters. The topological polar surface area (TPSA) is 49.6 Å². The van der Waals surface area contributed by atoms with E-state index in [2.05, 4.69) is 11.9 Å². The van der Waals surface area contributed by atoms with Crippen molar-refractivity contribution in [3.05, 3.63) is 0 Å². The van der Waals surface area contributed by atoms with Gasteiger partial charge in [-0.25, -0.2) is 0 Å². The summed E-state index contributed by atoms with van der Waals surface area (Å²) in [6.45, 7) is 3.63. The summed E-state index contributed by atoms with van der Waals surface area (Å²) in [4.78, 5) is 15.7. The molecule has 2 N–H and O–H groups in total. The van der Waals surface area contributed by atoms with Crippen molar-refractivity contribution < 1.29 is 4.79 Å². The van der Waals surface area contributed by atoms with Crippen LogP contribution >= 0.6 is 24.8 Å². The van der Waals surface area contributed by atoms with E-state index in [9.17, 15) is 4.79 Å². The molecular weight excluding hydrogens is 261 g/mol. The molecule has 1 aliphatic rings. The number of carbonyl (C=O) groups is 1. The first kappa shape index (κ1) is 19.3. The molecule has 1 amide bonds. The van der Waals surface area contributed by atoms with Crippen LogP contribution in [0.15, 0.2) is 0 Å². The fraction of sp³-hybridized carbons (Fsp3) is 0.909. The van der Waals surface area contributed by atoms with Gasteiger partial charge in [0.2, 0.25) is 5.91 Å². The Morgan fingerprint density at radius 2 is 2.12 bits per heavy atom. The molecule has 104 valence electrons. The van der Waals surface area contributed by atoms with Gasteiger partial charge in [-0.05, 0) is 32.4 Å². The Kier molecular flexibility index (Phi) is 11.3. The van der Waals surface area contributed by atoms with Gasteiger partial charge in [-0.3, -0.25) is 4.79 Å². The zero-order valence-electron chi connectivity index (χ0n) is 10.7. The van der Waals surface area contributed by atoms with Crippen molar-refractivity contribution in [2.45, 2.75) is 19.3 Å². The average molecular weight is 286 g/mol. The quantitative estimate of drug-likeness (QED) is 0.838. The van der Waals surface area contributed by atoms with E-state index in [1.54, 1.807) is 0 Å². The number of halogens is 2. The normalized spacial score (nSPS) is 20.1. The number of carbonyl (C=O) groups excluding carboxylic acids is 1. The number of hydrogen-bond donors (Lipinski definition) is 1. The zero-order chi connectivity index (χ0) is 11.3. The molecule has 0 radical (unpaired) electrons. The molecule has 0 aromatic rings. The third-order valence-corrected chi connectivity index (χ3v) is 3.04. The van der Waals surface area contributed by atoms with Gasteiger partial charge in [0.05, 0.1) is 0 Å². The van der Waals surface area contributed by atoms with Crippen LogP contribution in [0.25, 0.3) is 0 Å². The molecule has 1 unspecified atom stereocenters. The Balaban J connectivity index is 0. The molecule has 0 spiro atoms. The molecule has 6 heteroatoms. The van der Waals surface area contributed by atoms with Crippen molar-refractivity contribution in [1.29, 1.82) is 0 Å². The van der Waals surface area contributed by atoms with Crippen molar-refractivity contribution in [3.8, 4) is 0 Å². The maximum atomic E-state index is 11.5. The lowest BCUT2D eigenvalue weighted by Gasteiger charge is -2.32. The molecule has 1 saturated heterocycles. The monoisotopic (exact) mass is 285 g/mol. The van der Waals surface area contributed by atoms with Crippen LogP contribution in [0.4, 0.5) is 0 Å². The summed E-state index contributed by atoms with van der Waals surface area (Å²) < 4.78 is 0. The third-order valence-electron chi connectivity index (χ3n) is 3.04. The molecule has 1 aliphatic heterocycles. The second kappa shape index (κ2) is 9.95. The Hall–Kier alpha value is -0.0300. The Morgan fingerprint density at radius 1 is 1.47 bits per heavy atom. The molecule has 0 bridgehead atoms. The maximum absolute atomic E-state index is 11.5. The summed E-state index contributed by atoms with van der Waals surface area (Å²) in [7, 11) is 4.03. The highest BCUT2D eigenvalue weighted by Crippen LogP contribution is 2.15. The van der Waals surface area contributed by atoms with Gasteiger partial charge in [-0.15, -0.1) is 24.8 Å². The number of nitrogens with two attached hydrogens (primary N) is 1. The SMILES string of the molecule is CN1CCCC(CN(C)C(=O)CCN)C1.Cl.Cl. The third kappa shape index (κ3) is 7.09. The Morgan fingerprint density at radius 3 is 2.65 bits per heavy atom. The van der Waals surface area contributed by atoms with Gasteiger partial charge in [-0.1, -0.05) is 0 Å². The predicted molar refractivity (Wildman–Crippen MR) is 76.0 cm³/mol. The van der Waals surface area contributed by atoms with E-state index < -0.39 is 0 Å². The maximum Gasteiger partial charge on any atom is 0.223 e. The number of nitrogens with zero attached hydrogens (tertiary/aromatic N) is 2. The van der Waals surface area contributed by atoms with E-state index in [0.717, 1.165) is 13.1 Å². The predicted octanol–water partition coefficient (Wildman–Crippen LogP) is 0.979. The first-order chi connectivity index (χ1) is 7.13. The second-order valence-electron chi connectivity index (χ2n) is 4.58. The summed E-state index contributed by atoms with van der Waals surface area (Å²) in [5, 5.41) is 0. The van der Waals surface area contributed by atoms with Gasteiger partial charge in [-0.2, -0.15) is 0 Å². The summed E-state index contributed by atoms with van der Waals surface area (Å²) in [6.07, 6.45) is 2.96. The van der Waals surface area contributed by atoms with Crippen LogP contribution < -0.4 is 5.73 Å². The first-order valence-electron chi connectivity index (χ1n) is 5.76. The van der Waals surface area contributed by atoms with Crippen LogP contribution in [-0.4, -0.2) is 56.0 Å². The van der Waals surface area contributed by atoms with Gasteiger partial charge in [0, 0.05) is 33.1 Å². The highest BCUT2D eigenvalue weighted by Gasteiger charge is 2.20. The minimum absolute atomic E-state index is 0. The van der Waals surface area contributed by atoms with E-state index in [0.29, 0.717) is 18.9 Å². The van der Waals surface area contributed by atoms with Gasteiger partial charge in [0.1, 0.15) is 0 Å². The van der Waals surface area contributed by atoms with Crippen molar-refractivity contribution >= 4 is 30.7 Å². The standard InChI is InChI=1S/C11H23N3O.2ClH/c1-13-7-3-4-10(8-13)9-14(2)11(15)5-6-12;;/h10H,3-9,12H2,1-2H3;2*1H. The van der Waals surface area contributed by atoms with Crippen LogP contribution in [0.2, 0.25) is 0 Å². The van der Waals surface area contributed by atoms with Crippen molar-refractivity contribution in [2.75, 3.05) is 40.3 Å². The number of rotatable bonds is 4. The lowest BCUT2D eigenvalue weighted by Crippen LogP contribution is -2.40. The largest absolute Gasteiger partial charge is 0.345 e. The van der Waals surface area contributed by atoms with Gasteiger partial charge >= 0.3 is 0 Å². The van der Waals surface area contributed by atoms with E-state index >= 15 is 0 Å². The molecule has 0 aromatic heterocycles. The molecule has 1 fully saturated rings. The van der Waals surface area contributed by atoms with Crippen LogP contribution in [0.5, 0.6) is 0 Å². The van der Waals surface area contributed by atoms with Crippen LogP contribution in [0.3, 0.4) is 0 Å². The summed E-state index contributed by atoms with van der Waals surface area (Å²) >= 11 is 0. The summed E-state index contributed by atoms with van der Waals surface area (Å²) in [6, 6.07) is 0. The van der Waals surface area contributed by atoms with Gasteiger partial charge in [0.25, 0.3) is 0 Å². The fourth-order valence-corrected chi connectivity index (χ4v) is 2.23. The Bertz CT molecular complexity index is 217. The second-order valence-corrected chi connectivity index (χ2v) is 4.58. The number of piperidine rings is 1. The van der Waals surface area contributed by atoms with Gasteiger partial charge in [0.15, 0.2) is 0 Å². The Labute approximate surface area is 117 Å². The summed E-state index contributed by atoms with van der Waals surface area (Å²) in [5.41, 5.74) is 5.37. The smallest absolute Gasteiger partial charge is 0.223 e. The van der Waals surface area contributed by atoms with E-state index in [1.807, 2.05) is 11.9 Å². The zero-order valence-corrected chi connectivity index (χ0v) is 12.4. The van der Waals surface area contributed by atoms with E-state index in [4.69, 9.17) is 5.73 Å². The van der Waals surface area contributed by atoms with Crippen molar-refractivity contribution in [2.24, 2.45) is 11.7 Å². The number of hydrogen-bond acceptors (Lipinski definition) is 3. The molecule has 17 heavy (non-hydrogen) atoms. The first-order valence-corrected chi connectivity index (χ1v) is 5.76. The van der Waals surface area contributed by atoms with E-state index in [-0.39, 0.29) is 30.7 Å². The molecule has 1 heterocycles. The molecular formula is C11H25Cl2N3O. The summed E-state index contributed by atoms with van der Waals surface area (Å²) in [5.74, 6) is 0.807. The van der Waals surface area contributed by atoms with E-state index in [1.165, 1.54) is 19.4 Å². The van der Waals surface area contributed by atoms with Crippen molar-refractivity contribution in [3.63, 3.8) is 0 Å². The minimum Gasteiger partial charge on any atom is -0.345 e. The lowest BCUT2D eigenvalue weighted by atomic mass is 9.98. The molecule has 1 rings (SSSR count). The molecule has 0 aromatic carbocycles. The van der Waals surface area contributed by atoms with Crippen molar-refractivity contribution in [1.82, 2.24) is 9.80 Å². The minimum atomic E-state index is 0. The fourth-order valence-electron chi connectivity index (χ4n) is 2.23.